The molecular weight excluding hydrogens is 228 g/mol. The van der Waals surface area contributed by atoms with Crippen LogP contribution in [-0.2, 0) is 14.8 Å². The molecule has 1 fully saturated rings. The molecule has 0 aromatic heterocycles. The van der Waals surface area contributed by atoms with Crippen molar-refractivity contribution in [2.24, 2.45) is 0 Å². The van der Waals surface area contributed by atoms with Crippen LogP contribution in [0.5, 0.6) is 0 Å². The molecule has 2 N–H and O–H groups in total. The van der Waals surface area contributed by atoms with Crippen molar-refractivity contribution in [2.45, 2.75) is 38.3 Å². The van der Waals surface area contributed by atoms with E-state index in [1.54, 1.807) is 0 Å². The summed E-state index contributed by atoms with van der Waals surface area (Å²) in [5.41, 5.74) is 0. The Hall–Kier alpha value is -0.170. The molecule has 0 bridgehead atoms. The molecule has 2 atom stereocenters. The highest BCUT2D eigenvalue weighted by Gasteiger charge is 2.19. The number of sulfonamides is 1. The standard InChI is InChI=1S/C10H22N2O3S/c1-9-4-3-5-10(12-9)8-11-16(13,14)7-6-15-2/h9-12H,3-8H2,1-2H3. The predicted octanol–water partition coefficient (Wildman–Crippen LogP) is 0.0828. The number of nitrogens with one attached hydrogen (secondary N) is 2. The molecule has 0 saturated carbocycles. The number of rotatable bonds is 6. The maximum Gasteiger partial charge on any atom is 0.213 e. The lowest BCUT2D eigenvalue weighted by Crippen LogP contribution is -2.47. The molecule has 6 heteroatoms. The third-order valence-corrected chi connectivity index (χ3v) is 4.13. The van der Waals surface area contributed by atoms with Crippen LogP contribution in [0.15, 0.2) is 0 Å². The van der Waals surface area contributed by atoms with Crippen molar-refractivity contribution >= 4 is 10.0 Å². The summed E-state index contributed by atoms with van der Waals surface area (Å²) in [4.78, 5) is 0. The summed E-state index contributed by atoms with van der Waals surface area (Å²) >= 11 is 0. The Balaban J connectivity index is 2.27. The number of ether oxygens (including phenoxy) is 1. The molecule has 16 heavy (non-hydrogen) atoms. The van der Waals surface area contributed by atoms with Gasteiger partial charge in [0.25, 0.3) is 0 Å². The average Bonchev–Trinajstić information content (AvgIpc) is 2.24. The second kappa shape index (κ2) is 6.54. The summed E-state index contributed by atoms with van der Waals surface area (Å²) in [7, 11) is -1.68. The molecule has 0 aliphatic carbocycles. The zero-order chi connectivity index (χ0) is 12.0. The van der Waals surface area contributed by atoms with Crippen LogP contribution in [-0.4, -0.2) is 46.5 Å². The van der Waals surface area contributed by atoms with Crippen LogP contribution in [0.3, 0.4) is 0 Å². The summed E-state index contributed by atoms with van der Waals surface area (Å²) in [5, 5.41) is 3.39. The minimum atomic E-state index is -3.18. The summed E-state index contributed by atoms with van der Waals surface area (Å²) in [5.74, 6) is 0.0335. The van der Waals surface area contributed by atoms with E-state index >= 15 is 0 Å². The summed E-state index contributed by atoms with van der Waals surface area (Å²) in [6.07, 6.45) is 3.38. The van der Waals surface area contributed by atoms with Gasteiger partial charge in [0, 0.05) is 25.7 Å². The van der Waals surface area contributed by atoms with Gasteiger partial charge in [0.05, 0.1) is 12.4 Å². The van der Waals surface area contributed by atoms with Crippen molar-refractivity contribution < 1.29 is 13.2 Å². The van der Waals surface area contributed by atoms with Gasteiger partial charge in [-0.25, -0.2) is 13.1 Å². The Kier molecular flexibility index (Phi) is 5.68. The molecular formula is C10H22N2O3S. The van der Waals surface area contributed by atoms with E-state index in [2.05, 4.69) is 17.0 Å². The van der Waals surface area contributed by atoms with Crippen molar-refractivity contribution in [3.63, 3.8) is 0 Å². The number of hydrogen-bond donors (Lipinski definition) is 2. The van der Waals surface area contributed by atoms with Crippen LogP contribution < -0.4 is 10.0 Å². The number of hydrogen-bond acceptors (Lipinski definition) is 4. The Morgan fingerprint density at radius 2 is 2.19 bits per heavy atom. The first-order valence-electron chi connectivity index (χ1n) is 5.76. The van der Waals surface area contributed by atoms with Crippen molar-refractivity contribution in [3.8, 4) is 0 Å². The van der Waals surface area contributed by atoms with Gasteiger partial charge < -0.3 is 10.1 Å². The lowest BCUT2D eigenvalue weighted by Gasteiger charge is -2.28. The topological polar surface area (TPSA) is 67.4 Å². The molecule has 1 saturated heterocycles. The van der Waals surface area contributed by atoms with Crippen LogP contribution in [0.4, 0.5) is 0 Å². The van der Waals surface area contributed by atoms with E-state index in [-0.39, 0.29) is 18.4 Å². The maximum absolute atomic E-state index is 11.5. The van der Waals surface area contributed by atoms with Gasteiger partial charge in [-0.1, -0.05) is 6.42 Å². The van der Waals surface area contributed by atoms with E-state index in [0.717, 1.165) is 6.42 Å². The zero-order valence-corrected chi connectivity index (χ0v) is 10.8. The Bertz CT molecular complexity index is 292. The second-order valence-corrected chi connectivity index (χ2v) is 6.28. The van der Waals surface area contributed by atoms with Crippen molar-refractivity contribution in [1.29, 1.82) is 0 Å². The fourth-order valence-electron chi connectivity index (χ4n) is 1.89. The van der Waals surface area contributed by atoms with Crippen LogP contribution >= 0.6 is 0 Å². The van der Waals surface area contributed by atoms with Crippen molar-refractivity contribution in [3.05, 3.63) is 0 Å². The molecule has 5 nitrogen and oxygen atoms in total. The van der Waals surface area contributed by atoms with E-state index in [0.29, 0.717) is 12.6 Å². The van der Waals surface area contributed by atoms with E-state index in [1.807, 2.05) is 0 Å². The Morgan fingerprint density at radius 1 is 1.44 bits per heavy atom. The van der Waals surface area contributed by atoms with Crippen molar-refractivity contribution in [2.75, 3.05) is 26.0 Å². The molecule has 96 valence electrons. The molecule has 0 aromatic carbocycles. The fourth-order valence-corrected chi connectivity index (χ4v) is 2.88. The normalized spacial score (nSPS) is 26.9. The molecule has 1 rings (SSSR count). The zero-order valence-electron chi connectivity index (χ0n) is 10.0. The minimum absolute atomic E-state index is 0.0335. The molecule has 2 unspecified atom stereocenters. The highest BCUT2D eigenvalue weighted by Crippen LogP contribution is 2.11. The highest BCUT2D eigenvalue weighted by atomic mass is 32.2. The SMILES string of the molecule is COCCS(=O)(=O)NCC1CCCC(C)N1. The first-order chi connectivity index (χ1) is 7.53. The largest absolute Gasteiger partial charge is 0.384 e. The minimum Gasteiger partial charge on any atom is -0.384 e. The quantitative estimate of drug-likeness (QED) is 0.701. The molecule has 1 aliphatic rings. The van der Waals surface area contributed by atoms with Gasteiger partial charge in [-0.15, -0.1) is 0 Å². The molecule has 0 radical (unpaired) electrons. The maximum atomic E-state index is 11.5. The summed E-state index contributed by atoms with van der Waals surface area (Å²) in [6, 6.07) is 0.753. The van der Waals surface area contributed by atoms with E-state index < -0.39 is 10.0 Å². The van der Waals surface area contributed by atoms with E-state index in [9.17, 15) is 8.42 Å². The first kappa shape index (κ1) is 13.9. The van der Waals surface area contributed by atoms with Crippen molar-refractivity contribution in [1.82, 2.24) is 10.0 Å². The van der Waals surface area contributed by atoms with Gasteiger partial charge in [0.15, 0.2) is 0 Å². The van der Waals surface area contributed by atoms with E-state index in [4.69, 9.17) is 4.74 Å². The van der Waals surface area contributed by atoms with Crippen LogP contribution in [0.1, 0.15) is 26.2 Å². The lowest BCUT2D eigenvalue weighted by molar-refractivity contribution is 0.216. The third kappa shape index (κ3) is 5.25. The van der Waals surface area contributed by atoms with Crippen LogP contribution in [0.25, 0.3) is 0 Å². The summed E-state index contributed by atoms with van der Waals surface area (Å²) < 4.78 is 30.4. The van der Waals surface area contributed by atoms with Gasteiger partial charge in [-0.3, -0.25) is 0 Å². The molecule has 0 aromatic rings. The monoisotopic (exact) mass is 250 g/mol. The smallest absolute Gasteiger partial charge is 0.213 e. The van der Waals surface area contributed by atoms with Gasteiger partial charge in [0.1, 0.15) is 0 Å². The van der Waals surface area contributed by atoms with Gasteiger partial charge in [-0.05, 0) is 19.8 Å². The van der Waals surface area contributed by atoms with Gasteiger partial charge >= 0.3 is 0 Å². The third-order valence-electron chi connectivity index (χ3n) is 2.82. The highest BCUT2D eigenvalue weighted by molar-refractivity contribution is 7.89. The van der Waals surface area contributed by atoms with Gasteiger partial charge in [0.2, 0.25) is 10.0 Å². The lowest BCUT2D eigenvalue weighted by atomic mass is 10.00. The number of piperidine rings is 1. The average molecular weight is 250 g/mol. The fraction of sp³-hybridized carbons (Fsp3) is 1.00. The molecule has 1 heterocycles. The molecule has 0 amide bonds. The van der Waals surface area contributed by atoms with Crippen LogP contribution in [0.2, 0.25) is 0 Å². The number of methoxy groups -OCH3 is 1. The Morgan fingerprint density at radius 3 is 2.81 bits per heavy atom. The molecule has 0 spiro atoms. The predicted molar refractivity (Wildman–Crippen MR) is 63.9 cm³/mol. The second-order valence-electron chi connectivity index (χ2n) is 4.36. The Labute approximate surface area is 98.0 Å². The summed E-state index contributed by atoms with van der Waals surface area (Å²) in [6.45, 7) is 2.85. The van der Waals surface area contributed by atoms with Gasteiger partial charge in [-0.2, -0.15) is 0 Å². The first-order valence-corrected chi connectivity index (χ1v) is 7.41. The molecule has 1 aliphatic heterocycles. The van der Waals surface area contributed by atoms with E-state index in [1.165, 1.54) is 20.0 Å². The van der Waals surface area contributed by atoms with Crippen LogP contribution in [0, 0.1) is 0 Å².